The van der Waals surface area contributed by atoms with Crippen molar-refractivity contribution in [1.29, 1.82) is 0 Å². The summed E-state index contributed by atoms with van der Waals surface area (Å²) in [6, 6.07) is 7.49. The third kappa shape index (κ3) is 5.95. The average molecular weight is 423 g/mol. The van der Waals surface area contributed by atoms with Gasteiger partial charge in [-0.25, -0.2) is 13.1 Å². The van der Waals surface area contributed by atoms with E-state index in [9.17, 15) is 13.2 Å². The standard InChI is InChI=1S/C22H34N2O4S/c1-22(2,3)29(26,27)24-18-10-8-16(9-11-18)21(25)23-17-12-14-20(15-13-17)28-19-6-4-5-7-19/h12-16,18-19,24H,4-11H2,1-3H3,(H,23,25). The number of nitrogens with one attached hydrogen (secondary N) is 2. The second kappa shape index (κ2) is 9.04. The van der Waals surface area contributed by atoms with Crippen molar-refractivity contribution in [2.75, 3.05) is 5.32 Å². The molecule has 0 heterocycles. The van der Waals surface area contributed by atoms with Crippen molar-refractivity contribution in [2.45, 2.75) is 89.0 Å². The Morgan fingerprint density at radius 1 is 0.966 bits per heavy atom. The summed E-state index contributed by atoms with van der Waals surface area (Å²) >= 11 is 0. The van der Waals surface area contributed by atoms with Crippen molar-refractivity contribution < 1.29 is 17.9 Å². The van der Waals surface area contributed by atoms with Crippen LogP contribution in [0.25, 0.3) is 0 Å². The predicted octanol–water partition coefficient (Wildman–Crippen LogP) is 4.22. The van der Waals surface area contributed by atoms with Crippen LogP contribution in [-0.2, 0) is 14.8 Å². The van der Waals surface area contributed by atoms with Crippen LogP contribution >= 0.6 is 0 Å². The Kier molecular flexibility index (Phi) is 6.89. The van der Waals surface area contributed by atoms with Crippen LogP contribution in [0.15, 0.2) is 24.3 Å². The van der Waals surface area contributed by atoms with Gasteiger partial charge in [0, 0.05) is 17.6 Å². The molecule has 7 heteroatoms. The van der Waals surface area contributed by atoms with Gasteiger partial charge in [-0.2, -0.15) is 0 Å². The van der Waals surface area contributed by atoms with Crippen LogP contribution in [0.3, 0.4) is 0 Å². The molecule has 0 aromatic heterocycles. The van der Waals surface area contributed by atoms with Crippen LogP contribution in [0.2, 0.25) is 0 Å². The van der Waals surface area contributed by atoms with Gasteiger partial charge in [0.15, 0.2) is 0 Å². The Hall–Kier alpha value is -1.60. The van der Waals surface area contributed by atoms with Crippen LogP contribution in [0.5, 0.6) is 5.75 Å². The number of rotatable bonds is 6. The van der Waals surface area contributed by atoms with E-state index in [4.69, 9.17) is 4.74 Å². The monoisotopic (exact) mass is 422 g/mol. The molecule has 0 unspecified atom stereocenters. The predicted molar refractivity (Wildman–Crippen MR) is 116 cm³/mol. The summed E-state index contributed by atoms with van der Waals surface area (Å²) < 4.78 is 32.6. The van der Waals surface area contributed by atoms with Crippen molar-refractivity contribution in [1.82, 2.24) is 4.72 Å². The van der Waals surface area contributed by atoms with Gasteiger partial charge in [-0.15, -0.1) is 0 Å². The summed E-state index contributed by atoms with van der Waals surface area (Å²) in [5, 5.41) is 2.99. The van der Waals surface area contributed by atoms with Gasteiger partial charge in [-0.05, 0) is 96.4 Å². The Morgan fingerprint density at radius 3 is 2.10 bits per heavy atom. The lowest BCUT2D eigenvalue weighted by Crippen LogP contribution is -2.46. The molecule has 2 aliphatic carbocycles. The number of ether oxygens (including phenoxy) is 1. The van der Waals surface area contributed by atoms with E-state index >= 15 is 0 Å². The molecule has 0 bridgehead atoms. The normalized spacial score (nSPS) is 23.7. The minimum absolute atomic E-state index is 0.00610. The molecule has 0 saturated heterocycles. The molecule has 1 aromatic carbocycles. The Balaban J connectivity index is 1.46. The van der Waals surface area contributed by atoms with Gasteiger partial charge < -0.3 is 10.1 Å². The van der Waals surface area contributed by atoms with Crippen LogP contribution in [-0.4, -0.2) is 31.2 Å². The summed E-state index contributed by atoms with van der Waals surface area (Å²) in [7, 11) is -3.36. The van der Waals surface area contributed by atoms with Gasteiger partial charge in [0.05, 0.1) is 10.9 Å². The molecule has 2 saturated carbocycles. The van der Waals surface area contributed by atoms with E-state index in [-0.39, 0.29) is 17.9 Å². The molecular formula is C22H34N2O4S. The van der Waals surface area contributed by atoms with Crippen LogP contribution in [0.1, 0.15) is 72.1 Å². The van der Waals surface area contributed by atoms with Crippen molar-refractivity contribution in [3.8, 4) is 5.75 Å². The average Bonchev–Trinajstić information content (AvgIpc) is 3.16. The fourth-order valence-corrected chi connectivity index (χ4v) is 4.96. The van der Waals surface area contributed by atoms with Gasteiger partial charge >= 0.3 is 0 Å². The summed E-state index contributed by atoms with van der Waals surface area (Å²) in [4.78, 5) is 12.6. The summed E-state index contributed by atoms with van der Waals surface area (Å²) in [5.74, 6) is 0.771. The molecule has 2 N–H and O–H groups in total. The van der Waals surface area contributed by atoms with Crippen molar-refractivity contribution in [2.24, 2.45) is 5.92 Å². The second-order valence-electron chi connectivity index (χ2n) is 9.32. The zero-order chi connectivity index (χ0) is 21.1. The number of anilines is 1. The Labute approximate surface area is 174 Å². The first-order chi connectivity index (χ1) is 13.6. The lowest BCUT2D eigenvalue weighted by molar-refractivity contribution is -0.120. The Bertz CT molecular complexity index is 785. The van der Waals surface area contributed by atoms with E-state index in [0.717, 1.165) is 24.3 Å². The maximum Gasteiger partial charge on any atom is 0.227 e. The van der Waals surface area contributed by atoms with Crippen LogP contribution in [0, 0.1) is 5.92 Å². The Morgan fingerprint density at radius 2 is 1.55 bits per heavy atom. The lowest BCUT2D eigenvalue weighted by Gasteiger charge is -2.30. The fraction of sp³-hybridized carbons (Fsp3) is 0.682. The van der Waals surface area contributed by atoms with E-state index in [1.54, 1.807) is 20.8 Å². The molecule has 0 radical (unpaired) electrons. The highest BCUT2D eigenvalue weighted by Gasteiger charge is 2.34. The number of hydrogen-bond acceptors (Lipinski definition) is 4. The molecule has 29 heavy (non-hydrogen) atoms. The highest BCUT2D eigenvalue weighted by atomic mass is 32.2. The molecule has 162 valence electrons. The minimum atomic E-state index is -3.36. The first-order valence-corrected chi connectivity index (χ1v) is 12.2. The van der Waals surface area contributed by atoms with Gasteiger partial charge in [-0.3, -0.25) is 4.79 Å². The number of carbonyl (C=O) groups excluding carboxylic acids is 1. The first-order valence-electron chi connectivity index (χ1n) is 10.7. The van der Waals surface area contributed by atoms with E-state index in [1.165, 1.54) is 12.8 Å². The topological polar surface area (TPSA) is 84.5 Å². The molecule has 0 spiro atoms. The molecule has 2 aliphatic rings. The number of hydrogen-bond donors (Lipinski definition) is 2. The molecule has 1 amide bonds. The number of benzene rings is 1. The summed E-state index contributed by atoms with van der Waals surface area (Å²) in [6.45, 7) is 5.08. The third-order valence-corrected chi connectivity index (χ3v) is 8.21. The number of amides is 1. The quantitative estimate of drug-likeness (QED) is 0.719. The third-order valence-electron chi connectivity index (χ3n) is 5.95. The van der Waals surface area contributed by atoms with Gasteiger partial charge in [0.25, 0.3) is 0 Å². The number of sulfonamides is 1. The molecular weight excluding hydrogens is 388 g/mol. The van der Waals surface area contributed by atoms with Gasteiger partial charge in [-0.1, -0.05) is 0 Å². The number of carbonyl (C=O) groups is 1. The molecule has 3 rings (SSSR count). The van der Waals surface area contributed by atoms with E-state index in [1.807, 2.05) is 24.3 Å². The van der Waals surface area contributed by atoms with Gasteiger partial charge in [0.1, 0.15) is 5.75 Å². The summed E-state index contributed by atoms with van der Waals surface area (Å²) in [5.41, 5.74) is 0.768. The molecule has 1 aromatic rings. The maximum atomic E-state index is 12.6. The highest BCUT2D eigenvalue weighted by molar-refractivity contribution is 7.90. The van der Waals surface area contributed by atoms with E-state index < -0.39 is 14.8 Å². The SMILES string of the molecule is CC(C)(C)S(=O)(=O)NC1CCC(C(=O)Nc2ccc(OC3CCCC3)cc2)CC1. The molecule has 0 aliphatic heterocycles. The summed E-state index contributed by atoms with van der Waals surface area (Å²) in [6.07, 6.45) is 7.76. The van der Waals surface area contributed by atoms with E-state index in [2.05, 4.69) is 10.0 Å². The fourth-order valence-electron chi connectivity index (χ4n) is 3.93. The smallest absolute Gasteiger partial charge is 0.227 e. The second-order valence-corrected chi connectivity index (χ2v) is 11.8. The first kappa shape index (κ1) is 22.1. The van der Waals surface area contributed by atoms with Crippen LogP contribution < -0.4 is 14.8 Å². The molecule has 2 fully saturated rings. The molecule has 0 atom stereocenters. The van der Waals surface area contributed by atoms with Crippen molar-refractivity contribution >= 4 is 21.6 Å². The lowest BCUT2D eigenvalue weighted by atomic mass is 9.86. The minimum Gasteiger partial charge on any atom is -0.490 e. The van der Waals surface area contributed by atoms with Gasteiger partial charge in [0.2, 0.25) is 15.9 Å². The zero-order valence-electron chi connectivity index (χ0n) is 17.7. The van der Waals surface area contributed by atoms with Crippen molar-refractivity contribution in [3.63, 3.8) is 0 Å². The van der Waals surface area contributed by atoms with Crippen LogP contribution in [0.4, 0.5) is 5.69 Å². The zero-order valence-corrected chi connectivity index (χ0v) is 18.6. The van der Waals surface area contributed by atoms with E-state index in [0.29, 0.717) is 31.8 Å². The largest absolute Gasteiger partial charge is 0.490 e. The molecule has 6 nitrogen and oxygen atoms in total. The van der Waals surface area contributed by atoms with Crippen molar-refractivity contribution in [3.05, 3.63) is 24.3 Å². The highest BCUT2D eigenvalue weighted by Crippen LogP contribution is 2.28. The maximum absolute atomic E-state index is 12.6.